The Morgan fingerprint density at radius 3 is 1.93 bits per heavy atom. The maximum atomic E-state index is 13.7. The van der Waals surface area contributed by atoms with Crippen LogP contribution in [-0.2, 0) is 14.4 Å². The van der Waals surface area contributed by atoms with Crippen molar-refractivity contribution in [2.45, 2.75) is 59.3 Å². The molecule has 0 aromatic heterocycles. The van der Waals surface area contributed by atoms with Gasteiger partial charge in [0, 0.05) is 54.0 Å². The maximum absolute atomic E-state index is 13.7. The van der Waals surface area contributed by atoms with E-state index in [2.05, 4.69) is 37.9 Å². The molecule has 5 rings (SSSR count). The first kappa shape index (κ1) is 29.4. The molecule has 0 atom stereocenters. The van der Waals surface area contributed by atoms with Gasteiger partial charge in [0.15, 0.2) is 29.7 Å². The fourth-order valence-corrected chi connectivity index (χ4v) is 6.50. The van der Waals surface area contributed by atoms with Crippen molar-refractivity contribution < 1.29 is 28.6 Å². The molecule has 1 heterocycles. The monoisotopic (exact) mass is 572 g/mol. The zero-order valence-electron chi connectivity index (χ0n) is 25.6. The van der Waals surface area contributed by atoms with E-state index in [1.54, 1.807) is 37.4 Å². The van der Waals surface area contributed by atoms with Crippen LogP contribution in [0.4, 0.5) is 5.69 Å². The number of amides is 1. The van der Waals surface area contributed by atoms with E-state index in [1.807, 2.05) is 19.2 Å². The molecule has 0 unspecified atom stereocenters. The summed E-state index contributed by atoms with van der Waals surface area (Å²) in [6.45, 7) is 8.27. The summed E-state index contributed by atoms with van der Waals surface area (Å²) in [6.07, 6.45) is 2.38. The number of Topliss-reactive ketones (excluding diaryl/α,β-unsaturated/α-hetero) is 2. The van der Waals surface area contributed by atoms with Crippen LogP contribution in [0.5, 0.6) is 17.2 Å². The molecule has 0 radical (unpaired) electrons. The Labute approximate surface area is 247 Å². The molecule has 2 aliphatic carbocycles. The van der Waals surface area contributed by atoms with Gasteiger partial charge in [0.1, 0.15) is 5.75 Å². The van der Waals surface area contributed by atoms with Crippen LogP contribution in [0.15, 0.2) is 65.0 Å². The number of rotatable bonds is 7. The van der Waals surface area contributed by atoms with Crippen molar-refractivity contribution in [3.05, 3.63) is 70.6 Å². The van der Waals surface area contributed by atoms with Gasteiger partial charge in [-0.15, -0.1) is 0 Å². The zero-order chi connectivity index (χ0) is 30.4. The highest BCUT2D eigenvalue weighted by Crippen LogP contribution is 2.54. The van der Waals surface area contributed by atoms with E-state index >= 15 is 0 Å². The highest BCUT2D eigenvalue weighted by Gasteiger charge is 2.48. The number of anilines is 1. The minimum atomic E-state index is -0.472. The second kappa shape index (κ2) is 11.0. The fourth-order valence-electron chi connectivity index (χ4n) is 6.50. The molecular formula is C34H40N2O6. The molecule has 2 aromatic rings. The summed E-state index contributed by atoms with van der Waals surface area (Å²) in [5.74, 6) is 0.891. The third-order valence-corrected chi connectivity index (χ3v) is 8.43. The topological polar surface area (TPSA) is 94.2 Å². The van der Waals surface area contributed by atoms with Crippen molar-refractivity contribution in [1.82, 2.24) is 4.90 Å². The standard InChI is InChI=1S/C34H40N2O6/c1-33(2)15-23-31(25(37)17-33)30(32-24(36(23)5)16-34(3,4)18-26(32)38)20-8-13-27(28(14-20)41-7)42-19-29(39)35-21-9-11-22(40-6)12-10-21/h8-14,30H,15-19H2,1-7H3,(H,35,39). The average molecular weight is 573 g/mol. The molecule has 0 saturated carbocycles. The summed E-state index contributed by atoms with van der Waals surface area (Å²) in [5.41, 5.74) is 4.52. The van der Waals surface area contributed by atoms with Gasteiger partial charge in [0.2, 0.25) is 0 Å². The smallest absolute Gasteiger partial charge is 0.262 e. The van der Waals surface area contributed by atoms with E-state index in [1.165, 1.54) is 7.11 Å². The van der Waals surface area contributed by atoms with Crippen molar-refractivity contribution in [3.63, 3.8) is 0 Å². The minimum absolute atomic E-state index is 0.0804. The Balaban J connectivity index is 1.46. The van der Waals surface area contributed by atoms with Gasteiger partial charge in [-0.3, -0.25) is 14.4 Å². The summed E-state index contributed by atoms with van der Waals surface area (Å²) < 4.78 is 16.7. The molecule has 3 aliphatic rings. The number of allylic oxidation sites excluding steroid dienone is 4. The molecule has 2 aromatic carbocycles. The van der Waals surface area contributed by atoms with Gasteiger partial charge in [-0.1, -0.05) is 33.8 Å². The molecule has 1 N–H and O–H groups in total. The van der Waals surface area contributed by atoms with E-state index in [0.717, 1.165) is 29.8 Å². The Morgan fingerprint density at radius 1 is 0.833 bits per heavy atom. The summed E-state index contributed by atoms with van der Waals surface area (Å²) in [6, 6.07) is 12.5. The highest BCUT2D eigenvalue weighted by atomic mass is 16.5. The summed E-state index contributed by atoms with van der Waals surface area (Å²) >= 11 is 0. The second-order valence-corrected chi connectivity index (χ2v) is 13.1. The number of benzene rings is 2. The van der Waals surface area contributed by atoms with E-state index < -0.39 is 5.92 Å². The summed E-state index contributed by atoms with van der Waals surface area (Å²) in [7, 11) is 5.12. The van der Waals surface area contributed by atoms with Crippen molar-refractivity contribution >= 4 is 23.2 Å². The maximum Gasteiger partial charge on any atom is 0.262 e. The molecule has 42 heavy (non-hydrogen) atoms. The number of hydrogen-bond acceptors (Lipinski definition) is 7. The molecule has 0 spiro atoms. The number of nitrogens with one attached hydrogen (secondary N) is 1. The fraction of sp³-hybridized carbons (Fsp3) is 0.441. The minimum Gasteiger partial charge on any atom is -0.497 e. The Bertz CT molecular complexity index is 1440. The first-order chi connectivity index (χ1) is 19.8. The van der Waals surface area contributed by atoms with Crippen LogP contribution in [0.3, 0.4) is 0 Å². The van der Waals surface area contributed by atoms with Gasteiger partial charge in [-0.2, -0.15) is 0 Å². The Hall–Kier alpha value is -4.07. The van der Waals surface area contributed by atoms with Crippen molar-refractivity contribution in [1.29, 1.82) is 0 Å². The van der Waals surface area contributed by atoms with Gasteiger partial charge in [0.05, 0.1) is 14.2 Å². The van der Waals surface area contributed by atoms with Crippen LogP contribution in [-0.4, -0.2) is 50.2 Å². The normalized spacial score (nSPS) is 19.7. The predicted octanol–water partition coefficient (Wildman–Crippen LogP) is 6.04. The average Bonchev–Trinajstić information content (AvgIpc) is 2.92. The van der Waals surface area contributed by atoms with Crippen LogP contribution >= 0.6 is 0 Å². The lowest BCUT2D eigenvalue weighted by atomic mass is 9.64. The van der Waals surface area contributed by atoms with Crippen molar-refractivity contribution in [2.75, 3.05) is 33.2 Å². The predicted molar refractivity (Wildman–Crippen MR) is 161 cm³/mol. The molecule has 8 heteroatoms. The van der Waals surface area contributed by atoms with Crippen LogP contribution in [0, 0.1) is 10.8 Å². The third kappa shape index (κ3) is 5.67. The molecule has 0 saturated heterocycles. The number of carbonyl (C=O) groups is 3. The number of ether oxygens (including phenoxy) is 3. The highest BCUT2D eigenvalue weighted by molar-refractivity contribution is 6.06. The molecule has 222 valence electrons. The zero-order valence-corrected chi connectivity index (χ0v) is 25.6. The van der Waals surface area contributed by atoms with Crippen LogP contribution < -0.4 is 19.5 Å². The van der Waals surface area contributed by atoms with Gasteiger partial charge >= 0.3 is 0 Å². The number of carbonyl (C=O) groups excluding carboxylic acids is 3. The van der Waals surface area contributed by atoms with Gasteiger partial charge in [-0.05, 0) is 65.6 Å². The lowest BCUT2D eigenvalue weighted by Gasteiger charge is -2.47. The van der Waals surface area contributed by atoms with E-state index in [9.17, 15) is 14.4 Å². The molecule has 1 amide bonds. The quantitative estimate of drug-likeness (QED) is 0.433. The summed E-state index contributed by atoms with van der Waals surface area (Å²) in [5, 5.41) is 2.80. The SMILES string of the molecule is COc1ccc(NC(=O)COc2ccc(C3C4=C(CC(C)(C)CC4=O)N(C)C4=C3C(=O)CC(C)(C)C4)cc2OC)cc1. The lowest BCUT2D eigenvalue weighted by Crippen LogP contribution is -2.43. The van der Waals surface area contributed by atoms with Crippen LogP contribution in [0.2, 0.25) is 0 Å². The number of hydrogen-bond donors (Lipinski definition) is 1. The van der Waals surface area contributed by atoms with Gasteiger partial charge in [0.25, 0.3) is 5.91 Å². The van der Waals surface area contributed by atoms with E-state index in [-0.39, 0.29) is 34.9 Å². The number of ketones is 2. The van der Waals surface area contributed by atoms with E-state index in [0.29, 0.717) is 46.9 Å². The Kier molecular flexibility index (Phi) is 7.68. The number of nitrogens with zero attached hydrogens (tertiary/aromatic N) is 1. The first-order valence-corrected chi connectivity index (χ1v) is 14.3. The van der Waals surface area contributed by atoms with Crippen molar-refractivity contribution in [2.24, 2.45) is 10.8 Å². The molecular weight excluding hydrogens is 532 g/mol. The molecule has 1 aliphatic heterocycles. The number of methoxy groups -OCH3 is 2. The van der Waals surface area contributed by atoms with E-state index in [4.69, 9.17) is 14.2 Å². The third-order valence-electron chi connectivity index (χ3n) is 8.43. The second-order valence-electron chi connectivity index (χ2n) is 13.1. The molecule has 0 fully saturated rings. The van der Waals surface area contributed by atoms with Gasteiger partial charge in [-0.25, -0.2) is 0 Å². The molecule has 8 nitrogen and oxygen atoms in total. The van der Waals surface area contributed by atoms with Gasteiger partial charge < -0.3 is 24.4 Å². The van der Waals surface area contributed by atoms with Crippen LogP contribution in [0.25, 0.3) is 0 Å². The summed E-state index contributed by atoms with van der Waals surface area (Å²) in [4.78, 5) is 42.2. The van der Waals surface area contributed by atoms with Crippen molar-refractivity contribution in [3.8, 4) is 17.2 Å². The van der Waals surface area contributed by atoms with Crippen LogP contribution in [0.1, 0.15) is 64.9 Å². The Morgan fingerprint density at radius 2 is 1.40 bits per heavy atom. The largest absolute Gasteiger partial charge is 0.497 e. The lowest BCUT2D eigenvalue weighted by molar-refractivity contribution is -0.120. The molecule has 0 bridgehead atoms. The first-order valence-electron chi connectivity index (χ1n) is 14.3.